The second-order valence-electron chi connectivity index (χ2n) is 5.33. The van der Waals surface area contributed by atoms with Crippen LogP contribution < -0.4 is 5.32 Å². The molecule has 3 saturated heterocycles. The number of rotatable bonds is 3. The zero-order valence-corrected chi connectivity index (χ0v) is 11.1. The normalized spacial score (nSPS) is 30.7. The van der Waals surface area contributed by atoms with Gasteiger partial charge in [-0.2, -0.15) is 0 Å². The molecule has 3 aliphatic rings. The minimum Gasteiger partial charge on any atom is -0.308 e. The van der Waals surface area contributed by atoms with Crippen LogP contribution in [0.5, 0.6) is 0 Å². The smallest absolute Gasteiger partial charge is 0.129 e. The molecular weight excluding hydrogens is 251 g/mol. The van der Waals surface area contributed by atoms with Crippen LogP contribution in [0.15, 0.2) is 18.2 Å². The predicted molar refractivity (Wildman–Crippen MR) is 71.2 cm³/mol. The molecule has 0 aromatic heterocycles. The lowest BCUT2D eigenvalue weighted by Gasteiger charge is -2.45. The van der Waals surface area contributed by atoms with E-state index in [4.69, 9.17) is 11.6 Å². The Hall–Kier alpha value is -0.640. The average Bonchev–Trinajstić information content (AvgIpc) is 2.39. The van der Waals surface area contributed by atoms with Gasteiger partial charge in [-0.25, -0.2) is 4.39 Å². The fraction of sp³-hybridized carbons (Fsp3) is 0.571. The van der Waals surface area contributed by atoms with Gasteiger partial charge < -0.3 is 10.2 Å². The van der Waals surface area contributed by atoms with E-state index in [0.29, 0.717) is 23.2 Å². The Morgan fingerprint density at radius 1 is 1.33 bits per heavy atom. The maximum absolute atomic E-state index is 13.7. The number of hydrogen-bond acceptors (Lipinski definition) is 2. The number of hydrogen-bond donors (Lipinski definition) is 1. The van der Waals surface area contributed by atoms with Crippen LogP contribution in [-0.2, 0) is 6.54 Å². The summed E-state index contributed by atoms with van der Waals surface area (Å²) in [6.07, 6.45) is 2.53. The van der Waals surface area contributed by atoms with Crippen molar-refractivity contribution in [3.05, 3.63) is 34.6 Å². The molecule has 0 amide bonds. The van der Waals surface area contributed by atoms with Gasteiger partial charge >= 0.3 is 0 Å². The highest BCUT2D eigenvalue weighted by Gasteiger charge is 2.33. The summed E-state index contributed by atoms with van der Waals surface area (Å²) in [6, 6.07) is 5.36. The predicted octanol–water partition coefficient (Wildman–Crippen LogP) is 2.66. The van der Waals surface area contributed by atoms with Gasteiger partial charge in [0.2, 0.25) is 0 Å². The second-order valence-corrected chi connectivity index (χ2v) is 5.73. The molecule has 1 aromatic rings. The molecule has 0 spiro atoms. The Morgan fingerprint density at radius 2 is 2.11 bits per heavy atom. The molecule has 3 heterocycles. The molecule has 0 aliphatic carbocycles. The molecular formula is C14H18ClFN2. The van der Waals surface area contributed by atoms with Gasteiger partial charge in [-0.3, -0.25) is 0 Å². The van der Waals surface area contributed by atoms with Crippen molar-refractivity contribution in [2.75, 3.05) is 19.6 Å². The van der Waals surface area contributed by atoms with E-state index in [1.807, 2.05) is 0 Å². The van der Waals surface area contributed by atoms with Crippen LogP contribution >= 0.6 is 11.6 Å². The average molecular weight is 269 g/mol. The lowest BCUT2D eigenvalue weighted by Crippen LogP contribution is -2.55. The number of halogens is 2. The molecule has 4 heteroatoms. The van der Waals surface area contributed by atoms with E-state index in [0.717, 1.165) is 12.5 Å². The summed E-state index contributed by atoms with van der Waals surface area (Å²) in [5, 5.41) is 4.00. The van der Waals surface area contributed by atoms with E-state index >= 15 is 0 Å². The summed E-state index contributed by atoms with van der Waals surface area (Å²) < 4.78 is 13.7. The molecule has 18 heavy (non-hydrogen) atoms. The van der Waals surface area contributed by atoms with Crippen molar-refractivity contribution in [1.29, 1.82) is 0 Å². The Kier molecular flexibility index (Phi) is 3.55. The number of piperidine rings is 3. The van der Waals surface area contributed by atoms with Crippen LogP contribution in [0.2, 0.25) is 5.02 Å². The van der Waals surface area contributed by atoms with E-state index in [-0.39, 0.29) is 5.82 Å². The van der Waals surface area contributed by atoms with Gasteiger partial charge in [-0.15, -0.1) is 0 Å². The highest BCUT2D eigenvalue weighted by Crippen LogP contribution is 2.28. The summed E-state index contributed by atoms with van der Waals surface area (Å²) in [7, 11) is 0. The number of nitrogens with one attached hydrogen (secondary N) is 1. The van der Waals surface area contributed by atoms with Crippen LogP contribution in [0.25, 0.3) is 0 Å². The lowest BCUT2D eigenvalue weighted by atomic mass is 9.84. The molecule has 1 unspecified atom stereocenters. The third-order valence-corrected chi connectivity index (χ3v) is 4.61. The fourth-order valence-electron chi connectivity index (χ4n) is 3.13. The van der Waals surface area contributed by atoms with Gasteiger partial charge in [-0.05, 0) is 44.0 Å². The minimum absolute atomic E-state index is 0.212. The van der Waals surface area contributed by atoms with Gasteiger partial charge in [0, 0.05) is 29.7 Å². The summed E-state index contributed by atoms with van der Waals surface area (Å²) in [6.45, 7) is 4.07. The Bertz CT molecular complexity index is 410. The monoisotopic (exact) mass is 268 g/mol. The zero-order valence-electron chi connectivity index (χ0n) is 10.3. The summed E-state index contributed by atoms with van der Waals surface area (Å²) in [5.41, 5.74) is 0.593. The fourth-order valence-corrected chi connectivity index (χ4v) is 3.36. The van der Waals surface area contributed by atoms with Crippen molar-refractivity contribution in [3.8, 4) is 0 Å². The van der Waals surface area contributed by atoms with Gasteiger partial charge in [0.15, 0.2) is 0 Å². The lowest BCUT2D eigenvalue weighted by molar-refractivity contribution is 0.0719. The van der Waals surface area contributed by atoms with Gasteiger partial charge in [0.05, 0.1) is 0 Å². The van der Waals surface area contributed by atoms with E-state index < -0.39 is 0 Å². The quantitative estimate of drug-likeness (QED) is 0.907. The molecule has 98 valence electrons. The van der Waals surface area contributed by atoms with Crippen molar-refractivity contribution >= 4 is 11.6 Å². The second kappa shape index (κ2) is 5.16. The van der Waals surface area contributed by atoms with Crippen molar-refractivity contribution in [1.82, 2.24) is 10.2 Å². The molecule has 2 nitrogen and oxygen atoms in total. The molecule has 3 aliphatic heterocycles. The molecule has 4 rings (SSSR count). The first-order valence-corrected chi connectivity index (χ1v) is 7.00. The highest BCUT2D eigenvalue weighted by atomic mass is 35.5. The van der Waals surface area contributed by atoms with Crippen LogP contribution in [0.1, 0.15) is 18.4 Å². The van der Waals surface area contributed by atoms with Crippen molar-refractivity contribution < 1.29 is 4.39 Å². The van der Waals surface area contributed by atoms with E-state index in [2.05, 4.69) is 10.2 Å². The summed E-state index contributed by atoms with van der Waals surface area (Å²) in [5.74, 6) is 0.539. The number of benzene rings is 1. The summed E-state index contributed by atoms with van der Waals surface area (Å²) in [4.78, 5) is 2.49. The van der Waals surface area contributed by atoms with Crippen LogP contribution in [0.4, 0.5) is 4.39 Å². The number of fused-ring (bicyclic) bond motifs is 3. The molecule has 2 bridgehead atoms. The van der Waals surface area contributed by atoms with Gasteiger partial charge in [0.1, 0.15) is 5.82 Å². The maximum atomic E-state index is 13.7. The minimum atomic E-state index is -0.212. The first kappa shape index (κ1) is 12.4. The maximum Gasteiger partial charge on any atom is 0.129 e. The first-order chi connectivity index (χ1) is 8.74. The Morgan fingerprint density at radius 3 is 2.72 bits per heavy atom. The zero-order chi connectivity index (χ0) is 12.5. The highest BCUT2D eigenvalue weighted by molar-refractivity contribution is 6.31. The Labute approximate surface area is 112 Å². The Balaban J connectivity index is 1.64. The van der Waals surface area contributed by atoms with Crippen LogP contribution in [0, 0.1) is 11.7 Å². The molecule has 1 N–H and O–H groups in total. The standard InChI is InChI=1S/C14H18ClFN2/c15-12-2-1-3-13(16)11(12)8-17-14-9-18-6-4-10(14)5-7-18/h1-3,10,14,17H,4-9H2. The van der Waals surface area contributed by atoms with E-state index in [1.54, 1.807) is 12.1 Å². The van der Waals surface area contributed by atoms with Gasteiger partial charge in [-0.1, -0.05) is 17.7 Å². The van der Waals surface area contributed by atoms with Crippen molar-refractivity contribution in [2.45, 2.75) is 25.4 Å². The first-order valence-electron chi connectivity index (χ1n) is 6.62. The van der Waals surface area contributed by atoms with Crippen LogP contribution in [0.3, 0.4) is 0 Å². The molecule has 0 radical (unpaired) electrons. The third-order valence-electron chi connectivity index (χ3n) is 4.26. The molecule has 0 saturated carbocycles. The molecule has 1 aromatic carbocycles. The molecule has 3 fully saturated rings. The number of nitrogens with zero attached hydrogens (tertiary/aromatic N) is 1. The van der Waals surface area contributed by atoms with Crippen LogP contribution in [-0.4, -0.2) is 30.6 Å². The SMILES string of the molecule is Fc1cccc(Cl)c1CNC1CN2CCC1CC2. The van der Waals surface area contributed by atoms with E-state index in [1.165, 1.54) is 32.0 Å². The van der Waals surface area contributed by atoms with Crippen molar-refractivity contribution in [3.63, 3.8) is 0 Å². The molecule has 1 atom stereocenters. The van der Waals surface area contributed by atoms with Crippen molar-refractivity contribution in [2.24, 2.45) is 5.92 Å². The summed E-state index contributed by atoms with van der Waals surface area (Å²) >= 11 is 6.04. The van der Waals surface area contributed by atoms with E-state index in [9.17, 15) is 4.39 Å². The largest absolute Gasteiger partial charge is 0.308 e. The van der Waals surface area contributed by atoms with Gasteiger partial charge in [0.25, 0.3) is 0 Å². The third kappa shape index (κ3) is 2.40. The topological polar surface area (TPSA) is 15.3 Å².